The molecule has 1 aromatic heterocycles. The molecular weight excluding hydrogens is 497 g/mol. The van der Waals surface area contributed by atoms with Crippen molar-refractivity contribution in [2.45, 2.75) is 42.9 Å². The molecule has 5 nitrogen and oxygen atoms in total. The van der Waals surface area contributed by atoms with Crippen molar-refractivity contribution in [2.24, 2.45) is 0 Å². The standard InChI is InChI=1S/C28H33F3N4OS/c1-34-15-6-7-20(13-16-34)33-24-9-4-10-26-23(24)17-21(35(26)19-28(29,30)31)8-5-14-32-25-12-11-22(37-3)18-27(25)36-2/h4,9-12,17-18,20,32-33H,6-7,13-16,19H2,1-3H3. The maximum absolute atomic E-state index is 13.5. The van der Waals surface area contributed by atoms with E-state index in [0.29, 0.717) is 17.0 Å². The molecule has 2 aromatic carbocycles. The van der Waals surface area contributed by atoms with Gasteiger partial charge in [-0.2, -0.15) is 13.2 Å². The number of nitrogens with zero attached hydrogens (tertiary/aromatic N) is 2. The van der Waals surface area contributed by atoms with Gasteiger partial charge in [-0.3, -0.25) is 0 Å². The minimum absolute atomic E-state index is 0.267. The Morgan fingerprint density at radius 2 is 1.95 bits per heavy atom. The van der Waals surface area contributed by atoms with Crippen LogP contribution in [0.2, 0.25) is 0 Å². The highest BCUT2D eigenvalue weighted by atomic mass is 32.2. The molecule has 1 fully saturated rings. The van der Waals surface area contributed by atoms with Crippen LogP contribution < -0.4 is 15.4 Å². The molecule has 0 saturated carbocycles. The highest BCUT2D eigenvalue weighted by Gasteiger charge is 2.30. The Morgan fingerprint density at radius 3 is 2.70 bits per heavy atom. The number of fused-ring (bicyclic) bond motifs is 1. The summed E-state index contributed by atoms with van der Waals surface area (Å²) in [6.07, 6.45) is 0.749. The Labute approximate surface area is 220 Å². The van der Waals surface area contributed by atoms with Crippen LogP contribution in [0, 0.1) is 11.8 Å². The topological polar surface area (TPSA) is 41.5 Å². The number of alkyl halides is 3. The summed E-state index contributed by atoms with van der Waals surface area (Å²) in [5.41, 5.74) is 2.51. The van der Waals surface area contributed by atoms with E-state index < -0.39 is 12.7 Å². The summed E-state index contributed by atoms with van der Waals surface area (Å²) in [4.78, 5) is 3.39. The highest BCUT2D eigenvalue weighted by molar-refractivity contribution is 7.98. The summed E-state index contributed by atoms with van der Waals surface area (Å²) in [6, 6.07) is 13.4. The third-order valence-corrected chi connectivity index (χ3v) is 7.31. The van der Waals surface area contributed by atoms with Gasteiger partial charge in [0.1, 0.15) is 12.3 Å². The van der Waals surface area contributed by atoms with Crippen molar-refractivity contribution in [1.29, 1.82) is 0 Å². The van der Waals surface area contributed by atoms with Gasteiger partial charge in [-0.05, 0) is 88.0 Å². The molecule has 9 heteroatoms. The summed E-state index contributed by atoms with van der Waals surface area (Å²) in [5.74, 6) is 6.66. The second-order valence-electron chi connectivity index (χ2n) is 9.27. The molecule has 1 aliphatic heterocycles. The van der Waals surface area contributed by atoms with Crippen molar-refractivity contribution in [3.05, 3.63) is 48.2 Å². The van der Waals surface area contributed by atoms with Gasteiger partial charge in [-0.1, -0.05) is 12.0 Å². The lowest BCUT2D eigenvalue weighted by molar-refractivity contribution is -0.140. The quantitative estimate of drug-likeness (QED) is 0.277. The number of benzene rings is 2. The number of thioether (sulfide) groups is 1. The van der Waals surface area contributed by atoms with Gasteiger partial charge in [0.05, 0.1) is 30.6 Å². The zero-order valence-electron chi connectivity index (χ0n) is 21.4. The number of nitrogens with one attached hydrogen (secondary N) is 2. The van der Waals surface area contributed by atoms with Crippen molar-refractivity contribution in [3.8, 4) is 17.6 Å². The Balaban J connectivity index is 1.59. The molecule has 4 rings (SSSR count). The normalized spacial score (nSPS) is 16.6. The van der Waals surface area contributed by atoms with Gasteiger partial charge in [0.25, 0.3) is 0 Å². The molecule has 1 atom stereocenters. The van der Waals surface area contributed by atoms with Crippen molar-refractivity contribution >= 4 is 34.0 Å². The Kier molecular flexibility index (Phi) is 8.83. The first-order chi connectivity index (χ1) is 17.8. The van der Waals surface area contributed by atoms with Crippen LogP contribution in [0.25, 0.3) is 10.9 Å². The minimum atomic E-state index is -4.36. The molecule has 198 valence electrons. The number of likely N-dealkylation sites (tertiary alicyclic amines) is 1. The summed E-state index contributed by atoms with van der Waals surface area (Å²) >= 11 is 1.62. The van der Waals surface area contributed by atoms with Gasteiger partial charge in [0, 0.05) is 22.0 Å². The SMILES string of the molecule is COc1cc(SC)ccc1NCC#Cc1cc2c(NC3CCCN(C)CC3)cccc2n1CC(F)(F)F. The van der Waals surface area contributed by atoms with Crippen molar-refractivity contribution in [2.75, 3.05) is 50.7 Å². The van der Waals surface area contributed by atoms with Crippen molar-refractivity contribution < 1.29 is 17.9 Å². The molecule has 1 saturated heterocycles. The Hall–Kier alpha value is -2.96. The first-order valence-electron chi connectivity index (χ1n) is 12.4. The predicted molar refractivity (Wildman–Crippen MR) is 147 cm³/mol. The fraction of sp³-hybridized carbons (Fsp3) is 0.429. The third kappa shape index (κ3) is 7.08. The summed E-state index contributed by atoms with van der Waals surface area (Å²) in [7, 11) is 3.72. The number of methoxy groups -OCH3 is 1. The lowest BCUT2D eigenvalue weighted by Gasteiger charge is -2.19. The maximum atomic E-state index is 13.5. The molecule has 0 radical (unpaired) electrons. The van der Waals surface area contributed by atoms with Crippen LogP contribution in [0.15, 0.2) is 47.4 Å². The molecule has 2 N–H and O–H groups in total. The number of ether oxygens (including phenoxy) is 1. The van der Waals surface area contributed by atoms with Crippen LogP contribution >= 0.6 is 11.8 Å². The monoisotopic (exact) mass is 530 g/mol. The number of rotatable bonds is 7. The van der Waals surface area contributed by atoms with E-state index in [1.54, 1.807) is 31.0 Å². The third-order valence-electron chi connectivity index (χ3n) is 6.59. The summed E-state index contributed by atoms with van der Waals surface area (Å²) in [6.45, 7) is 1.24. The van der Waals surface area contributed by atoms with Gasteiger partial charge >= 0.3 is 6.18 Å². The first-order valence-corrected chi connectivity index (χ1v) is 13.6. The lowest BCUT2D eigenvalue weighted by atomic mass is 10.1. The second kappa shape index (κ2) is 12.1. The molecule has 37 heavy (non-hydrogen) atoms. The fourth-order valence-electron chi connectivity index (χ4n) is 4.69. The van der Waals surface area contributed by atoms with Gasteiger partial charge in [0.15, 0.2) is 0 Å². The van der Waals surface area contributed by atoms with E-state index in [-0.39, 0.29) is 12.6 Å². The zero-order chi connectivity index (χ0) is 26.4. The van der Waals surface area contributed by atoms with Crippen LogP contribution in [0.5, 0.6) is 5.75 Å². The van der Waals surface area contributed by atoms with E-state index >= 15 is 0 Å². The summed E-state index contributed by atoms with van der Waals surface area (Å²) < 4.78 is 47.3. The van der Waals surface area contributed by atoms with Gasteiger partial charge in [-0.15, -0.1) is 11.8 Å². The van der Waals surface area contributed by atoms with Crippen LogP contribution in [-0.2, 0) is 6.54 Å². The van der Waals surface area contributed by atoms with Crippen LogP contribution in [0.3, 0.4) is 0 Å². The number of anilines is 2. The molecule has 2 heterocycles. The molecule has 0 spiro atoms. The Morgan fingerprint density at radius 1 is 1.11 bits per heavy atom. The van der Waals surface area contributed by atoms with E-state index in [1.807, 2.05) is 36.6 Å². The van der Waals surface area contributed by atoms with Crippen molar-refractivity contribution in [3.63, 3.8) is 0 Å². The average molecular weight is 531 g/mol. The van der Waals surface area contributed by atoms with E-state index in [0.717, 1.165) is 54.0 Å². The van der Waals surface area contributed by atoms with Gasteiger partial charge < -0.3 is 24.8 Å². The van der Waals surface area contributed by atoms with Crippen LogP contribution in [0.1, 0.15) is 25.0 Å². The molecule has 1 aliphatic rings. The molecule has 3 aromatic rings. The van der Waals surface area contributed by atoms with Gasteiger partial charge in [0.2, 0.25) is 0 Å². The van der Waals surface area contributed by atoms with E-state index in [4.69, 9.17) is 4.74 Å². The van der Waals surface area contributed by atoms with Crippen molar-refractivity contribution in [1.82, 2.24) is 9.47 Å². The molecular formula is C28H33F3N4OS. The fourth-order valence-corrected chi connectivity index (χ4v) is 5.12. The maximum Gasteiger partial charge on any atom is 0.406 e. The van der Waals surface area contributed by atoms with E-state index in [1.165, 1.54) is 4.57 Å². The predicted octanol–water partition coefficient (Wildman–Crippen LogP) is 6.29. The average Bonchev–Trinajstić information content (AvgIpc) is 3.07. The van der Waals surface area contributed by atoms with E-state index in [9.17, 15) is 13.2 Å². The number of hydrogen-bond acceptors (Lipinski definition) is 5. The van der Waals surface area contributed by atoms with Crippen LogP contribution in [-0.4, -0.2) is 61.7 Å². The number of hydrogen-bond donors (Lipinski definition) is 2. The first kappa shape index (κ1) is 27.1. The van der Waals surface area contributed by atoms with E-state index in [2.05, 4.69) is 34.4 Å². The Bertz CT molecular complexity index is 1280. The zero-order valence-corrected chi connectivity index (χ0v) is 22.2. The highest BCUT2D eigenvalue weighted by Crippen LogP contribution is 2.32. The molecule has 1 unspecified atom stereocenters. The molecule has 0 amide bonds. The van der Waals surface area contributed by atoms with Gasteiger partial charge in [-0.25, -0.2) is 0 Å². The summed E-state index contributed by atoms with van der Waals surface area (Å²) in [5, 5.41) is 7.57. The number of aromatic nitrogens is 1. The minimum Gasteiger partial charge on any atom is -0.495 e. The number of halogens is 3. The molecule has 0 bridgehead atoms. The lowest BCUT2D eigenvalue weighted by Crippen LogP contribution is -2.23. The molecule has 0 aliphatic carbocycles. The van der Waals surface area contributed by atoms with Crippen LogP contribution in [0.4, 0.5) is 24.5 Å². The largest absolute Gasteiger partial charge is 0.495 e. The second-order valence-corrected chi connectivity index (χ2v) is 10.1. The smallest absolute Gasteiger partial charge is 0.406 e.